The van der Waals surface area contributed by atoms with Crippen LogP contribution in [0.5, 0.6) is 0 Å². The molecule has 0 bridgehead atoms. The molecule has 1 fully saturated rings. The molecule has 2 amide bonds. The van der Waals surface area contributed by atoms with Crippen LogP contribution in [0, 0.1) is 5.41 Å². The highest BCUT2D eigenvalue weighted by Crippen LogP contribution is 2.31. The first-order chi connectivity index (χ1) is 8.91. The molecule has 0 saturated carbocycles. The number of carbonyl (C=O) groups excluding carboxylic acids is 1. The summed E-state index contributed by atoms with van der Waals surface area (Å²) in [6, 6.07) is 5.21. The van der Waals surface area contributed by atoms with Crippen molar-refractivity contribution in [2.75, 3.05) is 32.1 Å². The van der Waals surface area contributed by atoms with Gasteiger partial charge in [-0.2, -0.15) is 0 Å². The van der Waals surface area contributed by atoms with Gasteiger partial charge in [0, 0.05) is 23.5 Å². The Morgan fingerprint density at radius 1 is 1.58 bits per heavy atom. The summed E-state index contributed by atoms with van der Waals surface area (Å²) in [6.45, 7) is 4.15. The highest BCUT2D eigenvalue weighted by atomic mass is 79.9. The van der Waals surface area contributed by atoms with Crippen LogP contribution in [0.25, 0.3) is 0 Å². The van der Waals surface area contributed by atoms with E-state index in [1.54, 1.807) is 18.0 Å². The van der Waals surface area contributed by atoms with E-state index in [1.807, 2.05) is 12.1 Å². The molecule has 4 nitrogen and oxygen atoms in total. The van der Waals surface area contributed by atoms with Gasteiger partial charge in [-0.05, 0) is 28.1 Å². The molecule has 104 valence electrons. The first-order valence-electron chi connectivity index (χ1n) is 5.95. The predicted molar refractivity (Wildman–Crippen MR) is 79.7 cm³/mol. The Morgan fingerprint density at radius 3 is 2.79 bits per heavy atom. The van der Waals surface area contributed by atoms with E-state index in [9.17, 15) is 4.79 Å². The molecule has 0 aromatic heterocycles. The zero-order valence-electron chi connectivity index (χ0n) is 10.9. The van der Waals surface area contributed by atoms with Crippen LogP contribution >= 0.6 is 27.5 Å². The van der Waals surface area contributed by atoms with Gasteiger partial charge in [-0.1, -0.05) is 24.6 Å². The summed E-state index contributed by atoms with van der Waals surface area (Å²) in [6.07, 6.45) is 0. The van der Waals surface area contributed by atoms with Crippen LogP contribution in [0.1, 0.15) is 6.92 Å². The predicted octanol–water partition coefficient (Wildman–Crippen LogP) is 3.60. The molecule has 0 spiro atoms. The monoisotopic (exact) mass is 346 g/mol. The maximum atomic E-state index is 12.1. The zero-order valence-corrected chi connectivity index (χ0v) is 13.2. The van der Waals surface area contributed by atoms with E-state index >= 15 is 0 Å². The molecule has 1 aliphatic heterocycles. The fraction of sp³-hybridized carbons (Fsp3) is 0.462. The van der Waals surface area contributed by atoms with Gasteiger partial charge in [-0.25, -0.2) is 4.79 Å². The van der Waals surface area contributed by atoms with Crippen molar-refractivity contribution < 1.29 is 9.53 Å². The van der Waals surface area contributed by atoms with Gasteiger partial charge in [0.2, 0.25) is 0 Å². The summed E-state index contributed by atoms with van der Waals surface area (Å²) < 4.78 is 5.95. The van der Waals surface area contributed by atoms with Crippen LogP contribution in [0.3, 0.4) is 0 Å². The molecular formula is C13H16BrClN2O2. The van der Waals surface area contributed by atoms with Crippen LogP contribution in [0.4, 0.5) is 10.5 Å². The summed E-state index contributed by atoms with van der Waals surface area (Å²) >= 11 is 9.44. The third-order valence-electron chi connectivity index (χ3n) is 3.06. The average molecular weight is 348 g/mol. The second kappa shape index (κ2) is 5.69. The number of ether oxygens (including phenoxy) is 1. The molecule has 0 radical (unpaired) electrons. The van der Waals surface area contributed by atoms with E-state index in [-0.39, 0.29) is 11.4 Å². The highest BCUT2D eigenvalue weighted by molar-refractivity contribution is 9.10. The number of benzene rings is 1. The standard InChI is InChI=1S/C13H16BrClN2O2/c1-13(7-19-8-13)6-17(2)12(18)16-11-9(14)4-3-5-10(11)15/h3-5H,6-8H2,1-2H3,(H,16,18). The SMILES string of the molecule is CN(CC1(C)COC1)C(=O)Nc1c(Cl)cccc1Br. The Morgan fingerprint density at radius 2 is 2.26 bits per heavy atom. The Balaban J connectivity index is 2.00. The lowest BCUT2D eigenvalue weighted by atomic mass is 9.88. The van der Waals surface area contributed by atoms with Gasteiger partial charge in [0.25, 0.3) is 0 Å². The van der Waals surface area contributed by atoms with Crippen LogP contribution in [-0.2, 0) is 4.74 Å². The number of rotatable bonds is 3. The minimum absolute atomic E-state index is 0.0593. The third kappa shape index (κ3) is 3.41. The Hall–Kier alpha value is -0.780. The van der Waals surface area contributed by atoms with Crippen LogP contribution in [0.2, 0.25) is 5.02 Å². The number of hydrogen-bond acceptors (Lipinski definition) is 2. The maximum absolute atomic E-state index is 12.1. The molecule has 2 rings (SSSR count). The van der Waals surface area contributed by atoms with Crippen molar-refractivity contribution in [1.82, 2.24) is 4.90 Å². The van der Waals surface area contributed by atoms with E-state index in [0.29, 0.717) is 30.5 Å². The van der Waals surface area contributed by atoms with Gasteiger partial charge in [0.1, 0.15) is 0 Å². The normalized spacial score (nSPS) is 16.6. The van der Waals surface area contributed by atoms with E-state index in [1.165, 1.54) is 0 Å². The smallest absolute Gasteiger partial charge is 0.321 e. The van der Waals surface area contributed by atoms with Gasteiger partial charge < -0.3 is 15.0 Å². The number of anilines is 1. The Bertz CT molecular complexity index is 471. The van der Waals surface area contributed by atoms with Gasteiger partial charge in [-0.3, -0.25) is 0 Å². The van der Waals surface area contributed by atoms with E-state index in [2.05, 4.69) is 28.2 Å². The summed E-state index contributed by atoms with van der Waals surface area (Å²) in [7, 11) is 1.77. The number of urea groups is 1. The molecule has 1 N–H and O–H groups in total. The van der Waals surface area contributed by atoms with Crippen molar-refractivity contribution in [3.63, 3.8) is 0 Å². The minimum Gasteiger partial charge on any atom is -0.380 e. The van der Waals surface area contributed by atoms with Crippen LogP contribution in [0.15, 0.2) is 22.7 Å². The van der Waals surface area contributed by atoms with Gasteiger partial charge >= 0.3 is 6.03 Å². The van der Waals surface area contributed by atoms with Crippen molar-refractivity contribution >= 4 is 39.2 Å². The third-order valence-corrected chi connectivity index (χ3v) is 4.04. The molecule has 19 heavy (non-hydrogen) atoms. The number of hydrogen-bond donors (Lipinski definition) is 1. The van der Waals surface area contributed by atoms with E-state index in [4.69, 9.17) is 16.3 Å². The molecule has 1 aromatic carbocycles. The molecule has 0 aliphatic carbocycles. The number of carbonyl (C=O) groups is 1. The zero-order chi connectivity index (χ0) is 14.0. The molecule has 1 saturated heterocycles. The molecule has 1 heterocycles. The Kier molecular flexibility index (Phi) is 4.38. The van der Waals surface area contributed by atoms with Crippen molar-refractivity contribution in [1.29, 1.82) is 0 Å². The lowest BCUT2D eigenvalue weighted by Gasteiger charge is -2.40. The van der Waals surface area contributed by atoms with Gasteiger partial charge in [0.15, 0.2) is 0 Å². The van der Waals surface area contributed by atoms with Crippen molar-refractivity contribution in [2.24, 2.45) is 5.41 Å². The molecule has 0 atom stereocenters. The quantitative estimate of drug-likeness (QED) is 0.907. The summed E-state index contributed by atoms with van der Waals surface area (Å²) in [5, 5.41) is 3.32. The lowest BCUT2D eigenvalue weighted by molar-refractivity contribution is -0.108. The number of nitrogens with zero attached hydrogens (tertiary/aromatic N) is 1. The molecule has 0 unspecified atom stereocenters. The molecule has 6 heteroatoms. The molecule has 1 aromatic rings. The fourth-order valence-electron chi connectivity index (χ4n) is 2.01. The first kappa shape index (κ1) is 14.6. The fourth-order valence-corrected chi connectivity index (χ4v) is 2.81. The van der Waals surface area contributed by atoms with E-state index in [0.717, 1.165) is 4.47 Å². The number of para-hydroxylation sites is 1. The maximum Gasteiger partial charge on any atom is 0.321 e. The average Bonchev–Trinajstić information content (AvgIpc) is 2.31. The summed E-state index contributed by atoms with van der Waals surface area (Å²) in [4.78, 5) is 13.8. The second-order valence-corrected chi connectivity index (χ2v) is 6.45. The topological polar surface area (TPSA) is 41.6 Å². The largest absolute Gasteiger partial charge is 0.380 e. The van der Waals surface area contributed by atoms with Crippen molar-refractivity contribution in [2.45, 2.75) is 6.92 Å². The highest BCUT2D eigenvalue weighted by Gasteiger charge is 2.35. The number of nitrogens with one attached hydrogen (secondary N) is 1. The summed E-state index contributed by atoms with van der Waals surface area (Å²) in [5.74, 6) is 0. The number of halogens is 2. The molecular weight excluding hydrogens is 332 g/mol. The van der Waals surface area contributed by atoms with Gasteiger partial charge in [0.05, 0.1) is 23.9 Å². The van der Waals surface area contributed by atoms with Gasteiger partial charge in [-0.15, -0.1) is 0 Å². The minimum atomic E-state index is -0.179. The van der Waals surface area contributed by atoms with Crippen LogP contribution < -0.4 is 5.32 Å². The van der Waals surface area contributed by atoms with Crippen LogP contribution in [-0.4, -0.2) is 37.7 Å². The Labute approximate surface area is 126 Å². The van der Waals surface area contributed by atoms with Crippen molar-refractivity contribution in [3.8, 4) is 0 Å². The summed E-state index contributed by atoms with van der Waals surface area (Å²) in [5.41, 5.74) is 0.653. The van der Waals surface area contributed by atoms with E-state index < -0.39 is 0 Å². The molecule has 1 aliphatic rings. The number of amides is 2. The first-order valence-corrected chi connectivity index (χ1v) is 7.12. The van der Waals surface area contributed by atoms with Crippen molar-refractivity contribution in [3.05, 3.63) is 27.7 Å². The second-order valence-electron chi connectivity index (χ2n) is 5.19. The lowest BCUT2D eigenvalue weighted by Crippen LogP contribution is -2.50.